The molecule has 0 radical (unpaired) electrons. The third-order valence-corrected chi connectivity index (χ3v) is 5.12. The molecule has 112 valence electrons. The van der Waals surface area contributed by atoms with Crippen LogP contribution in [0.3, 0.4) is 0 Å². The summed E-state index contributed by atoms with van der Waals surface area (Å²) in [6.45, 7) is 11.5. The second-order valence-electron chi connectivity index (χ2n) is 6.41. The van der Waals surface area contributed by atoms with Crippen molar-refractivity contribution in [3.05, 3.63) is 5.32 Å². The van der Waals surface area contributed by atoms with Crippen LogP contribution in [0.1, 0.15) is 46.0 Å². The predicted molar refractivity (Wildman–Crippen MR) is 82.8 cm³/mol. The topological polar surface area (TPSA) is 20.6 Å². The number of nitrogens with zero attached hydrogens (tertiary/aromatic N) is 3. The Bertz CT molecular complexity index is 260. The fraction of sp³-hybridized carbons (Fsp3) is 1.00. The van der Waals surface area contributed by atoms with E-state index in [0.29, 0.717) is 5.54 Å². The Labute approximate surface area is 168 Å². The maximum absolute atomic E-state index is 4.50. The molecule has 0 aliphatic carbocycles. The molecule has 4 heteroatoms. The van der Waals surface area contributed by atoms with Crippen LogP contribution in [0.15, 0.2) is 0 Å². The average molecular weight is 306 g/mol. The van der Waals surface area contributed by atoms with Gasteiger partial charge in [-0.2, -0.15) is 0 Å². The Kier molecular flexibility index (Phi) is 9.40. The Balaban J connectivity index is 0.000000639. The number of rotatable bonds is 2. The molecule has 3 fully saturated rings. The first-order chi connectivity index (χ1) is 9.28. The van der Waals surface area contributed by atoms with Gasteiger partial charge in [0.15, 0.2) is 0 Å². The van der Waals surface area contributed by atoms with Crippen LogP contribution in [-0.2, 0) is 0 Å². The summed E-state index contributed by atoms with van der Waals surface area (Å²) in [4.78, 5) is 5.28. The molecular weight excluding hydrogens is 273 g/mol. The van der Waals surface area contributed by atoms with Crippen LogP contribution >= 0.6 is 0 Å². The Morgan fingerprint density at radius 3 is 2.25 bits per heavy atom. The second-order valence-corrected chi connectivity index (χ2v) is 6.41. The summed E-state index contributed by atoms with van der Waals surface area (Å²) in [6, 6.07) is 0. The molecule has 20 heavy (non-hydrogen) atoms. The van der Waals surface area contributed by atoms with Crippen LogP contribution in [0.25, 0.3) is 5.32 Å². The first kappa shape index (κ1) is 19.6. The molecule has 3 heterocycles. The summed E-state index contributed by atoms with van der Waals surface area (Å²) in [5.41, 5.74) is 0.515. The smallest absolute Gasteiger partial charge is 0.659 e. The fourth-order valence-electron chi connectivity index (χ4n) is 3.72. The molecule has 0 aromatic carbocycles. The molecule has 0 aromatic heterocycles. The zero-order valence-electron chi connectivity index (χ0n) is 14.2. The van der Waals surface area contributed by atoms with Gasteiger partial charge < -0.3 is 15.1 Å². The Hall–Kier alpha value is 1.52. The predicted octanol–water partition coefficient (Wildman–Crippen LogP) is -0.0296. The molecule has 0 aromatic rings. The zero-order valence-corrected chi connectivity index (χ0v) is 17.3. The van der Waals surface area contributed by atoms with Gasteiger partial charge in [-0.3, -0.25) is 0 Å². The Morgan fingerprint density at radius 2 is 1.70 bits per heavy atom. The minimum absolute atomic E-state index is 0. The van der Waals surface area contributed by atoms with Gasteiger partial charge in [-0.1, -0.05) is 20.3 Å². The molecule has 0 saturated carbocycles. The van der Waals surface area contributed by atoms with Crippen molar-refractivity contribution in [3.63, 3.8) is 0 Å². The summed E-state index contributed by atoms with van der Waals surface area (Å²) < 4.78 is 0. The molecule has 3 rings (SSSR count). The molecule has 0 unspecified atom stereocenters. The van der Waals surface area contributed by atoms with Crippen LogP contribution in [0, 0.1) is 5.92 Å². The Morgan fingerprint density at radius 1 is 1.05 bits per heavy atom. The normalized spacial score (nSPS) is 27.1. The van der Waals surface area contributed by atoms with E-state index in [4.69, 9.17) is 0 Å². The molecule has 3 nitrogen and oxygen atoms in total. The molecule has 0 atom stereocenters. The zero-order chi connectivity index (χ0) is 13.7. The van der Waals surface area contributed by atoms with Gasteiger partial charge in [-0.25, -0.2) is 0 Å². The molecule has 3 saturated heterocycles. The third kappa shape index (κ3) is 4.75. The van der Waals surface area contributed by atoms with E-state index in [1.165, 1.54) is 58.3 Å². The fourth-order valence-corrected chi connectivity index (χ4v) is 3.72. The van der Waals surface area contributed by atoms with Gasteiger partial charge in [-0.15, -0.1) is 13.1 Å². The molecule has 0 N–H and O–H groups in total. The largest absolute Gasteiger partial charge is 1.00 e. The molecule has 3 aliphatic rings. The summed E-state index contributed by atoms with van der Waals surface area (Å²) in [5, 5.41) is 4.50. The van der Waals surface area contributed by atoms with Crippen LogP contribution in [0.2, 0.25) is 0 Å². The van der Waals surface area contributed by atoms with Gasteiger partial charge in [0, 0.05) is 6.54 Å². The monoisotopic (exact) mass is 305 g/mol. The molecule has 3 aliphatic heterocycles. The van der Waals surface area contributed by atoms with Crippen molar-refractivity contribution in [2.75, 3.05) is 46.3 Å². The van der Waals surface area contributed by atoms with E-state index in [-0.39, 0.29) is 51.4 Å². The first-order valence-corrected chi connectivity index (χ1v) is 8.35. The van der Waals surface area contributed by atoms with Crippen LogP contribution in [0.5, 0.6) is 0 Å². The standard InChI is InChI=1S/C14H26N3.C2H6.K/c1-16-8-4-13(5-9-16)10-17-7-3-2-6-14(17)11-15-12-14;1-2;/h13H,2-12H2,1H3;1-2H3;/q-1;;+1. The average Bonchev–Trinajstić information content (AvgIpc) is 2.42. The van der Waals surface area contributed by atoms with E-state index in [2.05, 4.69) is 22.2 Å². The van der Waals surface area contributed by atoms with E-state index >= 15 is 0 Å². The summed E-state index contributed by atoms with van der Waals surface area (Å²) in [6.07, 6.45) is 7.05. The van der Waals surface area contributed by atoms with Gasteiger partial charge in [0.1, 0.15) is 0 Å². The number of hydrogen-bond acceptors (Lipinski definition) is 2. The maximum atomic E-state index is 4.50. The van der Waals surface area contributed by atoms with Gasteiger partial charge >= 0.3 is 51.4 Å². The van der Waals surface area contributed by atoms with Crippen LogP contribution < -0.4 is 51.4 Å². The van der Waals surface area contributed by atoms with Crippen molar-refractivity contribution in [1.82, 2.24) is 9.80 Å². The number of piperidine rings is 2. The van der Waals surface area contributed by atoms with E-state index in [9.17, 15) is 0 Å². The van der Waals surface area contributed by atoms with Crippen molar-refractivity contribution in [3.8, 4) is 0 Å². The minimum Gasteiger partial charge on any atom is -0.659 e. The summed E-state index contributed by atoms with van der Waals surface area (Å²) in [7, 11) is 2.25. The van der Waals surface area contributed by atoms with Crippen molar-refractivity contribution in [2.45, 2.75) is 51.5 Å². The van der Waals surface area contributed by atoms with Crippen LogP contribution in [-0.4, -0.2) is 61.7 Å². The van der Waals surface area contributed by atoms with Crippen molar-refractivity contribution in [2.24, 2.45) is 5.92 Å². The SMILES string of the molecule is CC.CN1CCC(CN2CCCCC23C[N-]C3)CC1.[K+]. The molecule has 1 spiro atoms. The third-order valence-electron chi connectivity index (χ3n) is 5.12. The van der Waals surface area contributed by atoms with Gasteiger partial charge in [0.2, 0.25) is 0 Å². The maximum Gasteiger partial charge on any atom is 1.00 e. The van der Waals surface area contributed by atoms with Crippen molar-refractivity contribution in [1.29, 1.82) is 0 Å². The van der Waals surface area contributed by atoms with E-state index in [1.54, 1.807) is 0 Å². The van der Waals surface area contributed by atoms with E-state index in [0.717, 1.165) is 19.0 Å². The second kappa shape index (κ2) is 9.61. The van der Waals surface area contributed by atoms with Crippen molar-refractivity contribution >= 4 is 0 Å². The number of likely N-dealkylation sites (tertiary alicyclic amines) is 2. The van der Waals surface area contributed by atoms with Crippen LogP contribution in [0.4, 0.5) is 0 Å². The summed E-state index contributed by atoms with van der Waals surface area (Å²) in [5.74, 6) is 0.946. The van der Waals surface area contributed by atoms with Gasteiger partial charge in [0.25, 0.3) is 0 Å². The van der Waals surface area contributed by atoms with Gasteiger partial charge in [-0.05, 0) is 63.8 Å². The molecule has 0 bridgehead atoms. The van der Waals surface area contributed by atoms with E-state index in [1.807, 2.05) is 13.8 Å². The van der Waals surface area contributed by atoms with E-state index < -0.39 is 0 Å². The van der Waals surface area contributed by atoms with Gasteiger partial charge in [0.05, 0.1) is 0 Å². The minimum atomic E-state index is 0. The van der Waals surface area contributed by atoms with Crippen molar-refractivity contribution < 1.29 is 51.4 Å². The molecular formula is C16H32KN3. The quantitative estimate of drug-likeness (QED) is 0.668. The first-order valence-electron chi connectivity index (χ1n) is 8.35. The summed E-state index contributed by atoms with van der Waals surface area (Å²) >= 11 is 0. The number of hydrogen-bond donors (Lipinski definition) is 0. The molecule has 0 amide bonds.